The molecule has 2 rings (SSSR count). The molecule has 0 aliphatic carbocycles. The lowest BCUT2D eigenvalue weighted by Crippen LogP contribution is -2.57. The van der Waals surface area contributed by atoms with Gasteiger partial charge in [-0.25, -0.2) is 0 Å². The summed E-state index contributed by atoms with van der Waals surface area (Å²) in [5, 5.41) is 7.65. The number of benzene rings is 1. The molecule has 0 radical (unpaired) electrons. The molecule has 1 heterocycles. The molecule has 82 valence electrons. The lowest BCUT2D eigenvalue weighted by molar-refractivity contribution is 0.334. The first-order valence-electron chi connectivity index (χ1n) is 5.45. The highest BCUT2D eigenvalue weighted by Crippen LogP contribution is 2.11. The van der Waals surface area contributed by atoms with Crippen molar-refractivity contribution in [1.29, 1.82) is 0 Å². The fraction of sp³-hybridized carbons (Fsp3) is 0.500. The Morgan fingerprint density at radius 3 is 2.60 bits per heavy atom. The molecule has 1 unspecified atom stereocenters. The van der Waals surface area contributed by atoms with E-state index in [4.69, 9.17) is 11.6 Å². The minimum absolute atomic E-state index is 0.526. The van der Waals surface area contributed by atoms with E-state index in [1.54, 1.807) is 0 Å². The maximum absolute atomic E-state index is 5.84. The lowest BCUT2D eigenvalue weighted by Gasteiger charge is -2.31. The number of hydrogen-bond acceptors (Lipinski definition) is 2. The van der Waals surface area contributed by atoms with E-state index in [1.165, 1.54) is 5.56 Å². The Balaban J connectivity index is 1.82. The molecular formula is C12H17ClN2. The number of hydrogen-bond donors (Lipinski definition) is 2. The first-order valence-corrected chi connectivity index (χ1v) is 5.83. The van der Waals surface area contributed by atoms with Crippen LogP contribution in [-0.2, 0) is 6.42 Å². The summed E-state index contributed by atoms with van der Waals surface area (Å²) in [6, 6.07) is 9.29. The molecule has 0 bridgehead atoms. The average Bonchev–Trinajstić information content (AvgIpc) is 2.16. The van der Waals surface area contributed by atoms with Gasteiger partial charge in [0.15, 0.2) is 0 Å². The summed E-state index contributed by atoms with van der Waals surface area (Å²) in [4.78, 5) is 0. The van der Waals surface area contributed by atoms with Crippen LogP contribution in [0.1, 0.15) is 12.5 Å². The molecule has 1 aliphatic heterocycles. The fourth-order valence-electron chi connectivity index (χ4n) is 1.84. The van der Waals surface area contributed by atoms with Crippen LogP contribution in [0.5, 0.6) is 0 Å². The van der Waals surface area contributed by atoms with Crippen LogP contribution >= 0.6 is 11.6 Å². The van der Waals surface area contributed by atoms with Gasteiger partial charge in [0.05, 0.1) is 0 Å². The van der Waals surface area contributed by atoms with E-state index in [2.05, 4.69) is 29.7 Å². The molecule has 0 saturated carbocycles. The monoisotopic (exact) mass is 224 g/mol. The summed E-state index contributed by atoms with van der Waals surface area (Å²) >= 11 is 5.84. The second kappa shape index (κ2) is 4.97. The molecule has 1 aliphatic rings. The van der Waals surface area contributed by atoms with Gasteiger partial charge in [-0.05, 0) is 31.0 Å². The van der Waals surface area contributed by atoms with Crippen molar-refractivity contribution in [2.45, 2.75) is 25.4 Å². The van der Waals surface area contributed by atoms with E-state index in [-0.39, 0.29) is 0 Å². The van der Waals surface area contributed by atoms with Crippen LogP contribution in [-0.4, -0.2) is 25.2 Å². The second-order valence-corrected chi connectivity index (χ2v) is 4.69. The maximum Gasteiger partial charge on any atom is 0.0406 e. The molecule has 1 atom stereocenters. The Morgan fingerprint density at radius 1 is 1.40 bits per heavy atom. The molecule has 1 aromatic carbocycles. The molecular weight excluding hydrogens is 208 g/mol. The predicted octanol–water partition coefficient (Wildman–Crippen LogP) is 1.83. The Bertz CT molecular complexity index is 306. The topological polar surface area (TPSA) is 24.1 Å². The highest BCUT2D eigenvalue weighted by molar-refractivity contribution is 6.30. The first kappa shape index (κ1) is 10.9. The maximum atomic E-state index is 5.84. The van der Waals surface area contributed by atoms with Gasteiger partial charge in [-0.2, -0.15) is 0 Å². The molecule has 0 aromatic heterocycles. The van der Waals surface area contributed by atoms with Crippen molar-refractivity contribution in [3.63, 3.8) is 0 Å². The third-order valence-corrected chi connectivity index (χ3v) is 3.01. The van der Waals surface area contributed by atoms with Gasteiger partial charge in [0.1, 0.15) is 0 Å². The van der Waals surface area contributed by atoms with Crippen molar-refractivity contribution in [3.8, 4) is 0 Å². The molecule has 1 saturated heterocycles. The van der Waals surface area contributed by atoms with Crippen LogP contribution in [0.3, 0.4) is 0 Å². The van der Waals surface area contributed by atoms with Gasteiger partial charge in [0.2, 0.25) is 0 Å². The summed E-state index contributed by atoms with van der Waals surface area (Å²) in [5.41, 5.74) is 1.34. The predicted molar refractivity (Wildman–Crippen MR) is 64.4 cm³/mol. The van der Waals surface area contributed by atoms with E-state index in [9.17, 15) is 0 Å². The highest BCUT2D eigenvalue weighted by atomic mass is 35.5. The zero-order valence-electron chi connectivity index (χ0n) is 8.96. The molecule has 0 amide bonds. The largest absolute Gasteiger partial charge is 0.314 e. The first-order chi connectivity index (χ1) is 7.24. The van der Waals surface area contributed by atoms with Gasteiger partial charge in [0, 0.05) is 30.2 Å². The van der Waals surface area contributed by atoms with Crippen molar-refractivity contribution >= 4 is 11.6 Å². The van der Waals surface area contributed by atoms with Gasteiger partial charge >= 0.3 is 0 Å². The second-order valence-electron chi connectivity index (χ2n) is 4.25. The van der Waals surface area contributed by atoms with E-state index in [0.29, 0.717) is 12.1 Å². The fourth-order valence-corrected chi connectivity index (χ4v) is 1.97. The van der Waals surface area contributed by atoms with Gasteiger partial charge in [-0.3, -0.25) is 0 Å². The van der Waals surface area contributed by atoms with E-state index in [1.807, 2.05) is 12.1 Å². The summed E-state index contributed by atoms with van der Waals surface area (Å²) in [6.07, 6.45) is 1.06. The van der Waals surface area contributed by atoms with Gasteiger partial charge < -0.3 is 10.6 Å². The minimum Gasteiger partial charge on any atom is -0.314 e. The van der Waals surface area contributed by atoms with Gasteiger partial charge in [0.25, 0.3) is 0 Å². The van der Waals surface area contributed by atoms with Crippen molar-refractivity contribution in [1.82, 2.24) is 10.6 Å². The van der Waals surface area contributed by atoms with Crippen LogP contribution in [0, 0.1) is 0 Å². The van der Waals surface area contributed by atoms with Crippen LogP contribution in [0.4, 0.5) is 0 Å². The van der Waals surface area contributed by atoms with Crippen LogP contribution in [0.15, 0.2) is 24.3 Å². The zero-order chi connectivity index (χ0) is 10.7. The van der Waals surface area contributed by atoms with Crippen molar-refractivity contribution in [3.05, 3.63) is 34.9 Å². The molecule has 15 heavy (non-hydrogen) atoms. The van der Waals surface area contributed by atoms with E-state index in [0.717, 1.165) is 24.5 Å². The molecule has 0 spiro atoms. The van der Waals surface area contributed by atoms with Gasteiger partial charge in [-0.15, -0.1) is 0 Å². The van der Waals surface area contributed by atoms with E-state index >= 15 is 0 Å². The summed E-state index contributed by atoms with van der Waals surface area (Å²) < 4.78 is 0. The number of rotatable bonds is 4. The molecule has 2 N–H and O–H groups in total. The Kier molecular flexibility index (Phi) is 3.62. The third kappa shape index (κ3) is 3.20. The lowest BCUT2D eigenvalue weighted by atomic mass is 10.1. The zero-order valence-corrected chi connectivity index (χ0v) is 9.72. The normalized spacial score (nSPS) is 18.5. The quantitative estimate of drug-likeness (QED) is 0.816. The van der Waals surface area contributed by atoms with Crippen molar-refractivity contribution in [2.24, 2.45) is 0 Å². The van der Waals surface area contributed by atoms with Crippen LogP contribution in [0.2, 0.25) is 5.02 Å². The Morgan fingerprint density at radius 2 is 2.07 bits per heavy atom. The number of nitrogens with one attached hydrogen (secondary N) is 2. The smallest absolute Gasteiger partial charge is 0.0406 e. The van der Waals surface area contributed by atoms with Gasteiger partial charge in [-0.1, -0.05) is 23.7 Å². The standard InChI is InChI=1S/C12H17ClN2/c1-9(15-12-7-14-8-12)6-10-2-4-11(13)5-3-10/h2-5,9,12,14-15H,6-8H2,1H3. The highest BCUT2D eigenvalue weighted by Gasteiger charge is 2.18. The summed E-state index contributed by atoms with van der Waals surface area (Å²) in [5.74, 6) is 0. The summed E-state index contributed by atoms with van der Waals surface area (Å²) in [7, 11) is 0. The minimum atomic E-state index is 0.526. The van der Waals surface area contributed by atoms with E-state index < -0.39 is 0 Å². The third-order valence-electron chi connectivity index (χ3n) is 2.76. The van der Waals surface area contributed by atoms with Crippen molar-refractivity contribution in [2.75, 3.05) is 13.1 Å². The molecule has 1 fully saturated rings. The Hall–Kier alpha value is -0.570. The molecule has 3 heteroatoms. The molecule has 1 aromatic rings. The van der Waals surface area contributed by atoms with Crippen LogP contribution < -0.4 is 10.6 Å². The number of halogens is 1. The van der Waals surface area contributed by atoms with Crippen molar-refractivity contribution < 1.29 is 0 Å². The Labute approximate surface area is 96.0 Å². The SMILES string of the molecule is CC(Cc1ccc(Cl)cc1)NC1CNC1. The average molecular weight is 225 g/mol. The van der Waals surface area contributed by atoms with Crippen LogP contribution in [0.25, 0.3) is 0 Å². The molecule has 2 nitrogen and oxygen atoms in total. The summed E-state index contributed by atoms with van der Waals surface area (Å²) in [6.45, 7) is 4.43.